The molecule has 0 aromatic carbocycles. The van der Waals surface area contributed by atoms with E-state index in [1.807, 2.05) is 0 Å². The maximum absolute atomic E-state index is 5.97. The predicted octanol–water partition coefficient (Wildman–Crippen LogP) is 1.69. The normalized spacial score (nSPS) is 16.2. The molecule has 0 aromatic rings. The number of methoxy groups -OCH3 is 2. The lowest BCUT2D eigenvalue weighted by molar-refractivity contribution is -0.188. The second kappa shape index (κ2) is 7.31. The zero-order chi connectivity index (χ0) is 13.6. The smallest absolute Gasteiger partial charge is 0.176 e. The van der Waals surface area contributed by atoms with Crippen molar-refractivity contribution in [2.45, 2.75) is 52.5 Å². The summed E-state index contributed by atoms with van der Waals surface area (Å²) in [5.74, 6) is 0.581. The van der Waals surface area contributed by atoms with Crippen LogP contribution in [0.1, 0.15) is 34.6 Å². The third-order valence-corrected chi connectivity index (χ3v) is 3.19. The van der Waals surface area contributed by atoms with Gasteiger partial charge in [0.2, 0.25) is 0 Å². The molecule has 0 aliphatic carbocycles. The van der Waals surface area contributed by atoms with Crippen LogP contribution in [-0.2, 0) is 9.47 Å². The van der Waals surface area contributed by atoms with Crippen LogP contribution in [0, 0.1) is 5.92 Å². The van der Waals surface area contributed by atoms with Crippen molar-refractivity contribution in [1.29, 1.82) is 0 Å². The molecule has 4 heteroatoms. The third kappa shape index (κ3) is 4.21. The molecule has 0 rings (SSSR count). The van der Waals surface area contributed by atoms with Gasteiger partial charge >= 0.3 is 0 Å². The molecular formula is C13H30N2O2. The van der Waals surface area contributed by atoms with Crippen LogP contribution in [0.25, 0.3) is 0 Å². The number of nitrogens with two attached hydrogens (primary N) is 1. The maximum atomic E-state index is 5.97. The van der Waals surface area contributed by atoms with Crippen LogP contribution in [0.3, 0.4) is 0 Å². The highest BCUT2D eigenvalue weighted by Crippen LogP contribution is 2.25. The van der Waals surface area contributed by atoms with E-state index in [2.05, 4.69) is 39.5 Å². The SMILES string of the molecule is COC(OC)C(C)(CN)N(CC(C)C)C(C)C. The van der Waals surface area contributed by atoms with Crippen LogP contribution in [0.15, 0.2) is 0 Å². The molecule has 0 bridgehead atoms. The van der Waals surface area contributed by atoms with Crippen molar-refractivity contribution in [3.05, 3.63) is 0 Å². The van der Waals surface area contributed by atoms with E-state index in [0.717, 1.165) is 6.54 Å². The van der Waals surface area contributed by atoms with Crippen molar-refractivity contribution in [3.8, 4) is 0 Å². The molecule has 0 saturated heterocycles. The van der Waals surface area contributed by atoms with E-state index < -0.39 is 0 Å². The van der Waals surface area contributed by atoms with Gasteiger partial charge in [-0.2, -0.15) is 0 Å². The molecule has 0 amide bonds. The Kier molecular flexibility index (Phi) is 7.24. The first kappa shape index (κ1) is 16.8. The molecular weight excluding hydrogens is 216 g/mol. The van der Waals surface area contributed by atoms with Crippen LogP contribution in [-0.4, -0.2) is 50.1 Å². The van der Waals surface area contributed by atoms with Crippen molar-refractivity contribution in [3.63, 3.8) is 0 Å². The topological polar surface area (TPSA) is 47.7 Å². The fraction of sp³-hybridized carbons (Fsp3) is 1.00. The molecule has 2 N–H and O–H groups in total. The van der Waals surface area contributed by atoms with Gasteiger partial charge in [0.05, 0.1) is 5.54 Å². The molecule has 0 aromatic heterocycles. The highest BCUT2D eigenvalue weighted by atomic mass is 16.7. The standard InChI is InChI=1S/C13H30N2O2/c1-10(2)8-15(11(3)4)13(5,9-14)12(16-6)17-7/h10-12H,8-9,14H2,1-7H3. The molecule has 1 atom stereocenters. The summed E-state index contributed by atoms with van der Waals surface area (Å²) in [6.45, 7) is 12.4. The van der Waals surface area contributed by atoms with Crippen LogP contribution >= 0.6 is 0 Å². The number of hydrogen-bond donors (Lipinski definition) is 1. The second-order valence-electron chi connectivity index (χ2n) is 5.50. The first-order valence-electron chi connectivity index (χ1n) is 6.35. The Morgan fingerprint density at radius 1 is 1.12 bits per heavy atom. The summed E-state index contributed by atoms with van der Waals surface area (Å²) < 4.78 is 10.8. The largest absolute Gasteiger partial charge is 0.354 e. The zero-order valence-electron chi connectivity index (χ0n) is 12.5. The summed E-state index contributed by atoms with van der Waals surface area (Å²) in [6, 6.07) is 0.402. The fourth-order valence-electron chi connectivity index (χ4n) is 2.36. The number of rotatable bonds is 8. The van der Waals surface area contributed by atoms with E-state index >= 15 is 0 Å². The fourth-order valence-corrected chi connectivity index (χ4v) is 2.36. The number of ether oxygens (including phenoxy) is 2. The molecule has 0 aliphatic heterocycles. The van der Waals surface area contributed by atoms with E-state index in [1.165, 1.54) is 0 Å². The lowest BCUT2D eigenvalue weighted by Crippen LogP contribution is -2.63. The second-order valence-corrected chi connectivity index (χ2v) is 5.50. The van der Waals surface area contributed by atoms with Crippen molar-refractivity contribution >= 4 is 0 Å². The highest BCUT2D eigenvalue weighted by Gasteiger charge is 2.40. The molecule has 0 fully saturated rings. The third-order valence-electron chi connectivity index (χ3n) is 3.19. The van der Waals surface area contributed by atoms with Gasteiger partial charge in [-0.15, -0.1) is 0 Å². The molecule has 0 heterocycles. The van der Waals surface area contributed by atoms with E-state index in [-0.39, 0.29) is 11.8 Å². The number of hydrogen-bond acceptors (Lipinski definition) is 4. The molecule has 17 heavy (non-hydrogen) atoms. The highest BCUT2D eigenvalue weighted by molar-refractivity contribution is 4.93. The van der Waals surface area contributed by atoms with Gasteiger partial charge in [-0.1, -0.05) is 13.8 Å². The van der Waals surface area contributed by atoms with Crippen molar-refractivity contribution in [1.82, 2.24) is 4.90 Å². The minimum Gasteiger partial charge on any atom is -0.354 e. The average Bonchev–Trinajstić information content (AvgIpc) is 2.26. The maximum Gasteiger partial charge on any atom is 0.176 e. The Hall–Kier alpha value is -0.160. The first-order valence-corrected chi connectivity index (χ1v) is 6.35. The summed E-state index contributed by atoms with van der Waals surface area (Å²) in [6.07, 6.45) is -0.311. The van der Waals surface area contributed by atoms with E-state index in [9.17, 15) is 0 Å². The van der Waals surface area contributed by atoms with E-state index in [1.54, 1.807) is 14.2 Å². The molecule has 104 valence electrons. The summed E-state index contributed by atoms with van der Waals surface area (Å²) >= 11 is 0. The van der Waals surface area contributed by atoms with Crippen molar-refractivity contribution < 1.29 is 9.47 Å². The van der Waals surface area contributed by atoms with Gasteiger partial charge in [0, 0.05) is 33.4 Å². The van der Waals surface area contributed by atoms with Crippen LogP contribution in [0.2, 0.25) is 0 Å². The molecule has 1 unspecified atom stereocenters. The van der Waals surface area contributed by atoms with Gasteiger partial charge in [-0.05, 0) is 26.7 Å². The minimum absolute atomic E-state index is 0.304. The Labute approximate surface area is 106 Å². The first-order chi connectivity index (χ1) is 7.83. The summed E-state index contributed by atoms with van der Waals surface area (Å²) in [7, 11) is 3.33. The van der Waals surface area contributed by atoms with Gasteiger partial charge in [-0.3, -0.25) is 4.90 Å². The minimum atomic E-state index is -0.311. The molecule has 4 nitrogen and oxygen atoms in total. The van der Waals surface area contributed by atoms with Crippen molar-refractivity contribution in [2.75, 3.05) is 27.3 Å². The van der Waals surface area contributed by atoms with E-state index in [4.69, 9.17) is 15.2 Å². The monoisotopic (exact) mass is 246 g/mol. The Morgan fingerprint density at radius 3 is 1.82 bits per heavy atom. The summed E-state index contributed by atoms with van der Waals surface area (Å²) in [4.78, 5) is 2.37. The predicted molar refractivity (Wildman–Crippen MR) is 71.9 cm³/mol. The Morgan fingerprint density at radius 2 is 1.59 bits per heavy atom. The van der Waals surface area contributed by atoms with Gasteiger partial charge in [0.1, 0.15) is 0 Å². The summed E-state index contributed by atoms with van der Waals surface area (Å²) in [5.41, 5.74) is 5.67. The van der Waals surface area contributed by atoms with Gasteiger partial charge in [-0.25, -0.2) is 0 Å². The van der Waals surface area contributed by atoms with Crippen LogP contribution < -0.4 is 5.73 Å². The van der Waals surface area contributed by atoms with E-state index in [0.29, 0.717) is 18.5 Å². The molecule has 0 aliphatic rings. The quantitative estimate of drug-likeness (QED) is 0.662. The van der Waals surface area contributed by atoms with Crippen LogP contribution in [0.5, 0.6) is 0 Å². The molecule has 0 radical (unpaired) electrons. The Balaban J connectivity index is 5.10. The van der Waals surface area contributed by atoms with Crippen LogP contribution in [0.4, 0.5) is 0 Å². The molecule has 0 saturated carbocycles. The van der Waals surface area contributed by atoms with Gasteiger partial charge < -0.3 is 15.2 Å². The number of nitrogens with zero attached hydrogens (tertiary/aromatic N) is 1. The summed E-state index contributed by atoms with van der Waals surface area (Å²) in [5, 5.41) is 0. The lowest BCUT2D eigenvalue weighted by Gasteiger charge is -2.47. The zero-order valence-corrected chi connectivity index (χ0v) is 12.5. The Bertz CT molecular complexity index is 206. The van der Waals surface area contributed by atoms with Gasteiger partial charge in [0.25, 0.3) is 0 Å². The lowest BCUT2D eigenvalue weighted by atomic mass is 9.95. The van der Waals surface area contributed by atoms with Crippen molar-refractivity contribution in [2.24, 2.45) is 11.7 Å². The molecule has 0 spiro atoms. The average molecular weight is 246 g/mol. The van der Waals surface area contributed by atoms with Gasteiger partial charge in [0.15, 0.2) is 6.29 Å².